The molecule has 254 valence electrons. The minimum atomic E-state index is -0.868. The van der Waals surface area contributed by atoms with Crippen LogP contribution < -0.4 is 14.4 Å². The van der Waals surface area contributed by atoms with Gasteiger partial charge in [0.1, 0.15) is 30.2 Å². The number of piperazine rings is 1. The molecule has 2 aromatic carbocycles. The third-order valence-corrected chi connectivity index (χ3v) is 12.0. The Morgan fingerprint density at radius 1 is 1.22 bits per heavy atom. The van der Waals surface area contributed by atoms with Crippen LogP contribution in [0.5, 0.6) is 11.8 Å². The van der Waals surface area contributed by atoms with E-state index in [2.05, 4.69) is 39.4 Å². The lowest BCUT2D eigenvalue weighted by atomic mass is 9.93. The van der Waals surface area contributed by atoms with Crippen molar-refractivity contribution in [3.8, 4) is 22.9 Å². The molecule has 3 saturated heterocycles. The van der Waals surface area contributed by atoms with E-state index in [9.17, 15) is 9.18 Å². The highest BCUT2D eigenvalue weighted by Gasteiger charge is 2.50. The molecule has 3 aliphatic heterocycles. The van der Waals surface area contributed by atoms with Crippen LogP contribution in [0.2, 0.25) is 5.02 Å². The summed E-state index contributed by atoms with van der Waals surface area (Å²) in [4.78, 5) is 32.5. The number of nitrogens with zero attached hydrogens (tertiary/aromatic N) is 6. The third kappa shape index (κ3) is 5.32. The largest absolute Gasteiger partial charge is 0.487 e. The maximum atomic E-state index is 14.7. The van der Waals surface area contributed by atoms with E-state index >= 15 is 0 Å². The summed E-state index contributed by atoms with van der Waals surface area (Å²) < 4.78 is 27.9. The Kier molecular flexibility index (Phi) is 7.51. The molecule has 49 heavy (non-hydrogen) atoms. The van der Waals surface area contributed by atoms with Crippen LogP contribution in [0.1, 0.15) is 55.6 Å². The van der Waals surface area contributed by atoms with Crippen LogP contribution in [0, 0.1) is 12.5 Å². The van der Waals surface area contributed by atoms with Gasteiger partial charge in [0, 0.05) is 43.5 Å². The number of alkyl halides is 1. The molecule has 5 fully saturated rings. The molecule has 0 unspecified atom stereocenters. The van der Waals surface area contributed by atoms with Gasteiger partial charge in [0.05, 0.1) is 16.7 Å². The minimum Gasteiger partial charge on any atom is -0.487 e. The first kappa shape index (κ1) is 31.1. The average Bonchev–Trinajstić information content (AvgIpc) is 3.98. The zero-order valence-electron chi connectivity index (χ0n) is 27.5. The van der Waals surface area contributed by atoms with Crippen LogP contribution >= 0.6 is 11.6 Å². The van der Waals surface area contributed by atoms with Crippen molar-refractivity contribution in [2.45, 2.75) is 74.7 Å². The molecule has 9 nitrogen and oxygen atoms in total. The Morgan fingerprint density at radius 2 is 2.10 bits per heavy atom. The molecule has 1 aromatic heterocycles. The topological polar surface area (TPSA) is 75.4 Å². The molecule has 0 radical (unpaired) electrons. The monoisotopic (exact) mass is 682 g/mol. The van der Waals surface area contributed by atoms with Gasteiger partial charge in [-0.1, -0.05) is 36.4 Å². The fourth-order valence-corrected chi connectivity index (χ4v) is 9.38. The summed E-state index contributed by atoms with van der Waals surface area (Å²) in [6.07, 6.45) is 7.09. The molecule has 1 amide bonds. The van der Waals surface area contributed by atoms with Crippen molar-refractivity contribution in [2.24, 2.45) is 5.92 Å². The van der Waals surface area contributed by atoms with E-state index < -0.39 is 6.17 Å². The van der Waals surface area contributed by atoms with E-state index in [1.165, 1.54) is 23.6 Å². The van der Waals surface area contributed by atoms with E-state index in [0.29, 0.717) is 73.1 Å². The molecule has 11 heteroatoms. The lowest BCUT2D eigenvalue weighted by Crippen LogP contribution is -2.56. The van der Waals surface area contributed by atoms with Gasteiger partial charge in [0.2, 0.25) is 12.5 Å². The predicted molar refractivity (Wildman–Crippen MR) is 186 cm³/mol. The van der Waals surface area contributed by atoms with E-state index in [1.807, 2.05) is 6.07 Å². The second kappa shape index (κ2) is 11.8. The standard InChI is InChI=1S/C38H40ClFN6O3/c1-3-32(47)46-13-12-44(20-24(46)18-41-2)36-30-16-31(39)33(27-7-4-6-26-28-14-22(28)15-29(26)27)35(49-25-8-9-25)34(30)42-37(43-36)48-21-38-10-5-11-45(38)19-23(40)17-38/h3-4,6-7,16,22-25,28H,1,5,8-15,17-21H2/t22-,23-,24+,28-,38+/m1/s1. The van der Waals surface area contributed by atoms with Crippen molar-refractivity contribution in [2.75, 3.05) is 50.8 Å². The molecular formula is C38H40ClFN6O3. The number of halogens is 2. The number of fused-ring (bicyclic) bond motifs is 5. The Hall–Kier alpha value is -3.94. The smallest absolute Gasteiger partial charge is 0.319 e. The molecule has 0 bridgehead atoms. The first-order chi connectivity index (χ1) is 23.9. The maximum absolute atomic E-state index is 14.7. The van der Waals surface area contributed by atoms with Gasteiger partial charge in [-0.2, -0.15) is 9.97 Å². The molecule has 3 aromatic rings. The second-order valence-electron chi connectivity index (χ2n) is 14.8. The normalized spacial score (nSPS) is 28.6. The molecule has 0 spiro atoms. The Balaban J connectivity index is 1.18. The first-order valence-corrected chi connectivity index (χ1v) is 18.1. The lowest BCUT2D eigenvalue weighted by molar-refractivity contribution is -0.128. The van der Waals surface area contributed by atoms with Gasteiger partial charge >= 0.3 is 6.01 Å². The number of benzene rings is 2. The molecule has 9 rings (SSSR count). The van der Waals surface area contributed by atoms with Gasteiger partial charge in [-0.15, -0.1) is 0 Å². The Labute approximate surface area is 290 Å². The number of rotatable bonds is 9. The maximum Gasteiger partial charge on any atom is 0.319 e. The third-order valence-electron chi connectivity index (χ3n) is 11.7. The van der Waals surface area contributed by atoms with Crippen LogP contribution in [0.15, 0.2) is 36.9 Å². The molecule has 0 N–H and O–H groups in total. The molecule has 5 atom stereocenters. The van der Waals surface area contributed by atoms with Gasteiger partial charge < -0.3 is 24.1 Å². The van der Waals surface area contributed by atoms with E-state index in [0.717, 1.165) is 55.2 Å². The van der Waals surface area contributed by atoms with Crippen molar-refractivity contribution in [1.29, 1.82) is 0 Å². The number of amides is 1. The van der Waals surface area contributed by atoms with Crippen LogP contribution in [0.4, 0.5) is 10.2 Å². The number of carbonyl (C=O) groups is 1. The quantitative estimate of drug-likeness (QED) is 0.196. The average molecular weight is 683 g/mol. The highest BCUT2D eigenvalue weighted by Crippen LogP contribution is 2.59. The number of ether oxygens (including phenoxy) is 2. The first-order valence-electron chi connectivity index (χ1n) is 17.7. The fourth-order valence-electron chi connectivity index (χ4n) is 9.09. The van der Waals surface area contributed by atoms with Crippen molar-refractivity contribution < 1.29 is 18.7 Å². The van der Waals surface area contributed by atoms with E-state index in [1.54, 1.807) is 4.90 Å². The number of anilines is 1. The number of hydrogen-bond donors (Lipinski definition) is 0. The summed E-state index contributed by atoms with van der Waals surface area (Å²) in [5.74, 6) is 2.44. The van der Waals surface area contributed by atoms with Gasteiger partial charge in [0.25, 0.3) is 0 Å². The zero-order valence-corrected chi connectivity index (χ0v) is 28.3. The highest BCUT2D eigenvalue weighted by atomic mass is 35.5. The minimum absolute atomic E-state index is 0.0794. The van der Waals surface area contributed by atoms with Gasteiger partial charge in [0.15, 0.2) is 5.75 Å². The van der Waals surface area contributed by atoms with Crippen molar-refractivity contribution in [3.63, 3.8) is 0 Å². The Bertz CT molecular complexity index is 1910. The molecule has 6 aliphatic rings. The van der Waals surface area contributed by atoms with Crippen LogP contribution in [0.25, 0.3) is 26.9 Å². The van der Waals surface area contributed by atoms with Crippen LogP contribution in [-0.2, 0) is 11.2 Å². The van der Waals surface area contributed by atoms with Gasteiger partial charge in [-0.3, -0.25) is 9.69 Å². The summed E-state index contributed by atoms with van der Waals surface area (Å²) in [6, 6.07) is 8.37. The second-order valence-corrected chi connectivity index (χ2v) is 15.2. The molecule has 3 aliphatic carbocycles. The number of carbonyl (C=O) groups excluding carboxylic acids is 1. The summed E-state index contributed by atoms with van der Waals surface area (Å²) in [6.45, 7) is 14.4. The predicted octanol–water partition coefficient (Wildman–Crippen LogP) is 6.23. The van der Waals surface area contributed by atoms with Crippen molar-refractivity contribution >= 4 is 34.2 Å². The lowest BCUT2D eigenvalue weighted by Gasteiger charge is -2.39. The zero-order chi connectivity index (χ0) is 33.4. The molecular weight excluding hydrogens is 643 g/mol. The van der Waals surface area contributed by atoms with E-state index in [-0.39, 0.29) is 36.1 Å². The Morgan fingerprint density at radius 3 is 2.92 bits per heavy atom. The molecule has 4 heterocycles. The number of aromatic nitrogens is 2. The summed E-state index contributed by atoms with van der Waals surface area (Å²) in [7, 11) is 0. The van der Waals surface area contributed by atoms with Crippen LogP contribution in [-0.4, -0.2) is 95.4 Å². The van der Waals surface area contributed by atoms with Gasteiger partial charge in [-0.05, 0) is 85.7 Å². The highest BCUT2D eigenvalue weighted by molar-refractivity contribution is 6.35. The summed E-state index contributed by atoms with van der Waals surface area (Å²) >= 11 is 7.30. The fraction of sp³-hybridized carbons (Fsp3) is 0.526. The van der Waals surface area contributed by atoms with Gasteiger partial charge in [-0.25, -0.2) is 11.0 Å². The van der Waals surface area contributed by atoms with Crippen molar-refractivity contribution in [3.05, 3.63) is 64.5 Å². The van der Waals surface area contributed by atoms with E-state index in [4.69, 9.17) is 37.6 Å². The van der Waals surface area contributed by atoms with Crippen LogP contribution in [0.3, 0.4) is 0 Å². The molecule has 2 saturated carbocycles. The summed E-state index contributed by atoms with van der Waals surface area (Å²) in [5.41, 5.74) is 5.00. The SMILES string of the molecule is [C-]#[N+]C[C@H]1CN(c2nc(OC[C@@]34CCCN3C[C@H](F)C4)nc3c(OC4CC4)c(-c4cccc5c4C[C@H]4C[C@@H]54)c(Cl)cc23)CCN1C(=O)C=C. The summed E-state index contributed by atoms with van der Waals surface area (Å²) in [5, 5.41) is 1.32. The van der Waals surface area contributed by atoms with Crippen molar-refractivity contribution in [1.82, 2.24) is 19.8 Å². The number of hydrogen-bond acceptors (Lipinski definition) is 7.